The zero-order valence-electron chi connectivity index (χ0n) is 7.16. The summed E-state index contributed by atoms with van der Waals surface area (Å²) < 4.78 is 11.7. The second-order valence-electron chi connectivity index (χ2n) is 2.56. The van der Waals surface area contributed by atoms with E-state index in [4.69, 9.17) is 21.8 Å². The first kappa shape index (κ1) is 8.36. The molecule has 6 nitrogen and oxygen atoms in total. The minimum absolute atomic E-state index is 0.894. The van der Waals surface area contributed by atoms with Crippen LogP contribution in [0.3, 0.4) is 0 Å². The molecule has 1 saturated heterocycles. The van der Waals surface area contributed by atoms with Crippen LogP contribution in [-0.4, -0.2) is 62.8 Å². The van der Waals surface area contributed by atoms with E-state index in [1.54, 1.807) is 0 Å². The van der Waals surface area contributed by atoms with Crippen molar-refractivity contribution in [2.75, 3.05) is 6.61 Å². The van der Waals surface area contributed by atoms with Gasteiger partial charge < -0.3 is 30.3 Å². The SMILES string of the molecule is [3H][C@]1(CO)O[C@@H](O)[C@H](O)[C@@H](O)[C@@H]1O. The van der Waals surface area contributed by atoms with E-state index in [1.165, 1.54) is 0 Å². The zero-order valence-corrected chi connectivity index (χ0v) is 6.16. The lowest BCUT2D eigenvalue weighted by Crippen LogP contribution is -2.58. The molecule has 1 heterocycles. The van der Waals surface area contributed by atoms with Gasteiger partial charge in [-0.15, -0.1) is 0 Å². The Kier molecular flexibility index (Phi) is 2.54. The summed E-state index contributed by atoms with van der Waals surface area (Å²) in [5, 5.41) is 44.9. The topological polar surface area (TPSA) is 110 Å². The smallest absolute Gasteiger partial charge is 0.184 e. The zero-order chi connectivity index (χ0) is 10.2. The van der Waals surface area contributed by atoms with Gasteiger partial charge in [0.15, 0.2) is 6.29 Å². The van der Waals surface area contributed by atoms with Crippen molar-refractivity contribution >= 4 is 0 Å². The molecule has 6 heteroatoms. The molecule has 5 N–H and O–H groups in total. The van der Waals surface area contributed by atoms with Crippen LogP contribution >= 0.6 is 0 Å². The fourth-order valence-electron chi connectivity index (χ4n) is 0.971. The lowest BCUT2D eigenvalue weighted by atomic mass is 10.00. The van der Waals surface area contributed by atoms with Crippen LogP contribution in [0.25, 0.3) is 0 Å². The molecular formula is C6H12O6. The van der Waals surface area contributed by atoms with E-state index in [0.29, 0.717) is 0 Å². The Bertz CT molecular complexity index is 190. The molecule has 0 unspecified atom stereocenters. The molecule has 72 valence electrons. The van der Waals surface area contributed by atoms with Crippen LogP contribution in [0.5, 0.6) is 0 Å². The molecule has 0 radical (unpaired) electrons. The minimum Gasteiger partial charge on any atom is -0.394 e. The highest BCUT2D eigenvalue weighted by atomic mass is 16.6. The first-order chi connectivity index (χ1) is 5.92. The van der Waals surface area contributed by atoms with E-state index < -0.39 is 37.3 Å². The van der Waals surface area contributed by atoms with Gasteiger partial charge >= 0.3 is 0 Å². The van der Waals surface area contributed by atoms with Crippen molar-refractivity contribution < 1.29 is 31.6 Å². The van der Waals surface area contributed by atoms with E-state index in [2.05, 4.69) is 4.74 Å². The van der Waals surface area contributed by atoms with E-state index in [1.807, 2.05) is 0 Å². The fourth-order valence-corrected chi connectivity index (χ4v) is 0.971. The monoisotopic (exact) mass is 182 g/mol. The molecule has 0 aromatic carbocycles. The third-order valence-corrected chi connectivity index (χ3v) is 1.72. The molecule has 0 aromatic rings. The van der Waals surface area contributed by atoms with Gasteiger partial charge in [-0.2, -0.15) is 0 Å². The lowest BCUT2D eigenvalue weighted by Gasteiger charge is -2.37. The summed E-state index contributed by atoms with van der Waals surface area (Å²) in [6, 6.07) is 0. The summed E-state index contributed by atoms with van der Waals surface area (Å²) >= 11 is 0. The van der Waals surface area contributed by atoms with E-state index in [9.17, 15) is 5.11 Å². The summed E-state index contributed by atoms with van der Waals surface area (Å²) in [5.41, 5.74) is 0. The summed E-state index contributed by atoms with van der Waals surface area (Å²) in [7, 11) is 0. The number of ether oxygens (including phenoxy) is 1. The predicted molar refractivity (Wildman–Crippen MR) is 36.0 cm³/mol. The Morgan fingerprint density at radius 2 is 1.67 bits per heavy atom. The predicted octanol–water partition coefficient (Wildman–Crippen LogP) is -3.22. The maximum atomic E-state index is 9.19. The molecule has 0 bridgehead atoms. The van der Waals surface area contributed by atoms with Crippen LogP contribution in [0.4, 0.5) is 0 Å². The molecule has 1 rings (SSSR count). The number of aliphatic hydroxyl groups excluding tert-OH is 5. The van der Waals surface area contributed by atoms with Gasteiger partial charge in [0.1, 0.15) is 24.4 Å². The third kappa shape index (κ3) is 1.58. The molecule has 0 aliphatic carbocycles. The maximum absolute atomic E-state index is 9.19. The first-order valence-electron chi connectivity index (χ1n) is 3.93. The highest BCUT2D eigenvalue weighted by molar-refractivity contribution is 4.87. The van der Waals surface area contributed by atoms with Gasteiger partial charge in [0.05, 0.1) is 7.98 Å². The summed E-state index contributed by atoms with van der Waals surface area (Å²) in [6.45, 7) is -0.894. The Morgan fingerprint density at radius 1 is 1.08 bits per heavy atom. The normalized spacial score (nSPS) is 56.6. The largest absolute Gasteiger partial charge is 0.394 e. The average molecular weight is 182 g/mol. The maximum Gasteiger partial charge on any atom is 0.184 e. The van der Waals surface area contributed by atoms with Crippen molar-refractivity contribution in [3.63, 3.8) is 0 Å². The second kappa shape index (κ2) is 3.65. The van der Waals surface area contributed by atoms with Crippen molar-refractivity contribution in [1.82, 2.24) is 0 Å². The van der Waals surface area contributed by atoms with Gasteiger partial charge in [0.25, 0.3) is 0 Å². The molecule has 0 aromatic heterocycles. The quantitative estimate of drug-likeness (QED) is 0.292. The van der Waals surface area contributed by atoms with Gasteiger partial charge in [0.2, 0.25) is 0 Å². The number of hydrogen-bond acceptors (Lipinski definition) is 6. The Balaban J connectivity index is 2.82. The summed E-state index contributed by atoms with van der Waals surface area (Å²) in [5.74, 6) is 0. The summed E-state index contributed by atoms with van der Waals surface area (Å²) in [6.07, 6.45) is -9.15. The van der Waals surface area contributed by atoms with Gasteiger partial charge in [-0.05, 0) is 0 Å². The molecule has 1 fully saturated rings. The van der Waals surface area contributed by atoms with Crippen molar-refractivity contribution in [1.29, 1.82) is 0 Å². The molecule has 12 heavy (non-hydrogen) atoms. The highest BCUT2D eigenvalue weighted by Crippen LogP contribution is 2.18. The lowest BCUT2D eigenvalue weighted by molar-refractivity contribution is -0.286. The van der Waals surface area contributed by atoms with Crippen LogP contribution in [-0.2, 0) is 4.74 Å². The highest BCUT2D eigenvalue weighted by Gasteiger charge is 2.42. The second-order valence-corrected chi connectivity index (χ2v) is 2.56. The van der Waals surface area contributed by atoms with Gasteiger partial charge in [-0.3, -0.25) is 0 Å². The van der Waals surface area contributed by atoms with Gasteiger partial charge in [-0.1, -0.05) is 0 Å². The van der Waals surface area contributed by atoms with Gasteiger partial charge in [-0.25, -0.2) is 0 Å². The molecule has 0 saturated carbocycles. The number of aliphatic hydroxyl groups is 5. The van der Waals surface area contributed by atoms with Crippen molar-refractivity contribution in [3.05, 3.63) is 0 Å². The molecule has 1 aliphatic heterocycles. The van der Waals surface area contributed by atoms with Crippen molar-refractivity contribution in [2.24, 2.45) is 0 Å². The first-order valence-corrected chi connectivity index (χ1v) is 3.43. The molecule has 1 aliphatic rings. The summed E-state index contributed by atoms with van der Waals surface area (Å²) in [4.78, 5) is 0. The average Bonchev–Trinajstić information content (AvgIpc) is 2.12. The van der Waals surface area contributed by atoms with Crippen LogP contribution < -0.4 is 0 Å². The Hall–Kier alpha value is -0.240. The Labute approximate surface area is 70.0 Å². The van der Waals surface area contributed by atoms with E-state index in [-0.39, 0.29) is 0 Å². The number of hydrogen-bond donors (Lipinski definition) is 5. The van der Waals surface area contributed by atoms with Gasteiger partial charge in [0, 0.05) is 0 Å². The molecule has 0 amide bonds. The fraction of sp³-hybridized carbons (Fsp3) is 1.00. The third-order valence-electron chi connectivity index (χ3n) is 1.72. The van der Waals surface area contributed by atoms with Crippen LogP contribution in [0, 0.1) is 0 Å². The van der Waals surface area contributed by atoms with Crippen molar-refractivity contribution in [3.8, 4) is 0 Å². The van der Waals surface area contributed by atoms with E-state index in [0.717, 1.165) is 0 Å². The van der Waals surface area contributed by atoms with Crippen molar-refractivity contribution in [2.45, 2.75) is 30.7 Å². The van der Waals surface area contributed by atoms with Crippen LogP contribution in [0.2, 0.25) is 0 Å². The Morgan fingerprint density at radius 3 is 2.17 bits per heavy atom. The molecule has 5 atom stereocenters. The van der Waals surface area contributed by atoms with Crippen LogP contribution in [0.15, 0.2) is 0 Å². The molecule has 0 spiro atoms. The minimum atomic E-state index is -2.20. The molecular weight excluding hydrogens is 168 g/mol. The number of rotatable bonds is 1. The van der Waals surface area contributed by atoms with Crippen LogP contribution in [0.1, 0.15) is 1.37 Å². The van der Waals surface area contributed by atoms with E-state index >= 15 is 0 Å². The standard InChI is InChI=1S/C6H12O6/c7-1-2-3(8)4(9)5(10)6(11)12-2/h2-11H,1H2/t2-,3-,4+,5-,6-/m1/s1/i2T.